The molecule has 0 bridgehead atoms. The van der Waals surface area contributed by atoms with Crippen molar-refractivity contribution in [3.8, 4) is 0 Å². The lowest BCUT2D eigenvalue weighted by Crippen LogP contribution is -2.22. The Morgan fingerprint density at radius 1 is 1.13 bits per heavy atom. The van der Waals surface area contributed by atoms with Crippen molar-refractivity contribution in [1.29, 1.82) is 0 Å². The van der Waals surface area contributed by atoms with Gasteiger partial charge in [0, 0.05) is 41.4 Å². The summed E-state index contributed by atoms with van der Waals surface area (Å²) in [6.07, 6.45) is 1.49. The van der Waals surface area contributed by atoms with E-state index < -0.39 is 10.8 Å². The molecular formula is C11H24O3S. The summed E-state index contributed by atoms with van der Waals surface area (Å²) in [7, 11) is -0.753. The molecule has 2 atom stereocenters. The van der Waals surface area contributed by atoms with Gasteiger partial charge in [-0.3, -0.25) is 4.21 Å². The van der Waals surface area contributed by atoms with Crippen molar-refractivity contribution in [2.45, 2.75) is 52.1 Å². The van der Waals surface area contributed by atoms with Gasteiger partial charge in [0.1, 0.15) is 0 Å². The predicted octanol–water partition coefficient (Wildman–Crippen LogP) is 2.32. The van der Waals surface area contributed by atoms with E-state index in [1.807, 2.05) is 20.8 Å². The molecule has 0 heterocycles. The van der Waals surface area contributed by atoms with Crippen LogP contribution in [0.15, 0.2) is 0 Å². The third-order valence-electron chi connectivity index (χ3n) is 2.28. The van der Waals surface area contributed by atoms with E-state index in [9.17, 15) is 4.21 Å². The van der Waals surface area contributed by atoms with Crippen molar-refractivity contribution < 1.29 is 13.7 Å². The highest BCUT2D eigenvalue weighted by Gasteiger charge is 2.13. The Morgan fingerprint density at radius 2 is 1.67 bits per heavy atom. The van der Waals surface area contributed by atoms with E-state index in [0.717, 1.165) is 12.8 Å². The maximum absolute atomic E-state index is 11.7. The van der Waals surface area contributed by atoms with Gasteiger partial charge in [0.15, 0.2) is 6.29 Å². The van der Waals surface area contributed by atoms with Crippen LogP contribution in [-0.4, -0.2) is 34.7 Å². The van der Waals surface area contributed by atoms with Gasteiger partial charge in [-0.05, 0) is 20.3 Å². The molecular weight excluding hydrogens is 212 g/mol. The van der Waals surface area contributed by atoms with Crippen LogP contribution in [0, 0.1) is 0 Å². The van der Waals surface area contributed by atoms with Crippen LogP contribution in [0.3, 0.4) is 0 Å². The topological polar surface area (TPSA) is 35.5 Å². The smallest absolute Gasteiger partial charge is 0.158 e. The van der Waals surface area contributed by atoms with Crippen molar-refractivity contribution in [1.82, 2.24) is 0 Å². The monoisotopic (exact) mass is 236 g/mol. The standard InChI is InChI=1S/C11H24O3S/c1-5-10(4)15(12)9-8-11(13-6-2)14-7-3/h10-11H,5-9H2,1-4H3. The van der Waals surface area contributed by atoms with E-state index in [0.29, 0.717) is 19.0 Å². The summed E-state index contributed by atoms with van der Waals surface area (Å²) in [6.45, 7) is 9.24. The zero-order valence-corrected chi connectivity index (χ0v) is 11.1. The Balaban J connectivity index is 3.82. The van der Waals surface area contributed by atoms with E-state index >= 15 is 0 Å². The predicted molar refractivity (Wildman–Crippen MR) is 64.4 cm³/mol. The summed E-state index contributed by atoms with van der Waals surface area (Å²) in [4.78, 5) is 0. The van der Waals surface area contributed by atoms with Crippen LogP contribution in [0.25, 0.3) is 0 Å². The fourth-order valence-electron chi connectivity index (χ4n) is 1.19. The fourth-order valence-corrected chi connectivity index (χ4v) is 2.38. The molecule has 2 unspecified atom stereocenters. The second-order valence-corrected chi connectivity index (χ2v) is 5.41. The first-order valence-electron chi connectivity index (χ1n) is 5.75. The van der Waals surface area contributed by atoms with Gasteiger partial charge in [0.05, 0.1) is 0 Å². The second kappa shape index (κ2) is 9.31. The largest absolute Gasteiger partial charge is 0.353 e. The summed E-state index contributed by atoms with van der Waals surface area (Å²) in [5.74, 6) is 0.666. The molecule has 0 saturated heterocycles. The van der Waals surface area contributed by atoms with Crippen molar-refractivity contribution in [3.63, 3.8) is 0 Å². The molecule has 0 aliphatic rings. The number of hydrogen-bond donors (Lipinski definition) is 0. The van der Waals surface area contributed by atoms with Crippen LogP contribution < -0.4 is 0 Å². The van der Waals surface area contributed by atoms with E-state index in [2.05, 4.69) is 6.92 Å². The van der Waals surface area contributed by atoms with Gasteiger partial charge < -0.3 is 9.47 Å². The van der Waals surface area contributed by atoms with Crippen molar-refractivity contribution in [3.05, 3.63) is 0 Å². The van der Waals surface area contributed by atoms with Gasteiger partial charge >= 0.3 is 0 Å². The Labute approximate surface area is 96.0 Å². The molecule has 15 heavy (non-hydrogen) atoms. The van der Waals surface area contributed by atoms with Gasteiger partial charge in [-0.2, -0.15) is 0 Å². The molecule has 0 spiro atoms. The highest BCUT2D eigenvalue weighted by molar-refractivity contribution is 7.85. The van der Waals surface area contributed by atoms with Crippen LogP contribution in [0.2, 0.25) is 0 Å². The molecule has 92 valence electrons. The van der Waals surface area contributed by atoms with Crippen LogP contribution in [0.5, 0.6) is 0 Å². The zero-order chi connectivity index (χ0) is 11.7. The average Bonchev–Trinajstić information content (AvgIpc) is 2.25. The molecule has 0 aromatic carbocycles. The Bertz CT molecular complexity index is 167. The van der Waals surface area contributed by atoms with Gasteiger partial charge in [-0.15, -0.1) is 0 Å². The zero-order valence-electron chi connectivity index (χ0n) is 10.3. The number of hydrogen-bond acceptors (Lipinski definition) is 3. The molecule has 4 heteroatoms. The lowest BCUT2D eigenvalue weighted by molar-refractivity contribution is -0.136. The third kappa shape index (κ3) is 7.03. The minimum atomic E-state index is -0.753. The van der Waals surface area contributed by atoms with E-state index in [4.69, 9.17) is 9.47 Å². The minimum Gasteiger partial charge on any atom is -0.353 e. The molecule has 0 N–H and O–H groups in total. The van der Waals surface area contributed by atoms with Gasteiger partial charge in [0.25, 0.3) is 0 Å². The average molecular weight is 236 g/mol. The van der Waals surface area contributed by atoms with Crippen LogP contribution in [-0.2, 0) is 20.3 Å². The van der Waals surface area contributed by atoms with Crippen molar-refractivity contribution in [2.24, 2.45) is 0 Å². The molecule has 0 amide bonds. The molecule has 0 aliphatic carbocycles. The molecule has 3 nitrogen and oxygen atoms in total. The molecule has 0 aliphatic heterocycles. The normalized spacial score (nSPS) is 15.5. The van der Waals surface area contributed by atoms with E-state index in [1.165, 1.54) is 0 Å². The molecule has 0 saturated carbocycles. The summed E-state index contributed by atoms with van der Waals surface area (Å²) >= 11 is 0. The molecule has 0 aromatic heterocycles. The van der Waals surface area contributed by atoms with Gasteiger partial charge in [0.2, 0.25) is 0 Å². The third-order valence-corrected chi connectivity index (χ3v) is 4.15. The highest BCUT2D eigenvalue weighted by Crippen LogP contribution is 2.07. The Morgan fingerprint density at radius 3 is 2.07 bits per heavy atom. The summed E-state index contributed by atoms with van der Waals surface area (Å²) < 4.78 is 22.5. The van der Waals surface area contributed by atoms with Gasteiger partial charge in [-0.25, -0.2) is 0 Å². The maximum atomic E-state index is 11.7. The number of rotatable bonds is 9. The first-order valence-corrected chi connectivity index (χ1v) is 7.14. The summed E-state index contributed by atoms with van der Waals surface area (Å²) in [5, 5.41) is 0.272. The van der Waals surface area contributed by atoms with E-state index in [-0.39, 0.29) is 11.5 Å². The molecule has 0 fully saturated rings. The second-order valence-electron chi connectivity index (χ2n) is 3.43. The summed E-state index contributed by atoms with van der Waals surface area (Å²) in [5.41, 5.74) is 0. The lowest BCUT2D eigenvalue weighted by atomic mass is 10.4. The Kier molecular flexibility index (Phi) is 9.35. The van der Waals surface area contributed by atoms with Crippen LogP contribution >= 0.6 is 0 Å². The highest BCUT2D eigenvalue weighted by atomic mass is 32.2. The minimum absolute atomic E-state index is 0.187. The van der Waals surface area contributed by atoms with Gasteiger partial charge in [-0.1, -0.05) is 13.8 Å². The molecule has 0 rings (SSSR count). The van der Waals surface area contributed by atoms with Crippen LogP contribution in [0.4, 0.5) is 0 Å². The summed E-state index contributed by atoms with van der Waals surface area (Å²) in [6, 6.07) is 0. The SMILES string of the molecule is CCOC(CCS(=O)C(C)CC)OCC. The number of ether oxygens (including phenoxy) is 2. The fraction of sp³-hybridized carbons (Fsp3) is 1.00. The quantitative estimate of drug-likeness (QED) is 0.576. The lowest BCUT2D eigenvalue weighted by Gasteiger charge is -2.17. The molecule has 0 radical (unpaired) electrons. The van der Waals surface area contributed by atoms with Crippen molar-refractivity contribution in [2.75, 3.05) is 19.0 Å². The Hall–Kier alpha value is 0.0700. The van der Waals surface area contributed by atoms with E-state index in [1.54, 1.807) is 0 Å². The maximum Gasteiger partial charge on any atom is 0.158 e. The first kappa shape index (κ1) is 15.1. The van der Waals surface area contributed by atoms with Crippen LogP contribution in [0.1, 0.15) is 40.5 Å². The van der Waals surface area contributed by atoms with Crippen molar-refractivity contribution >= 4 is 10.8 Å². The molecule has 0 aromatic rings. The first-order chi connectivity index (χ1) is 7.15.